The van der Waals surface area contributed by atoms with Crippen molar-refractivity contribution in [2.75, 3.05) is 6.61 Å². The van der Waals surface area contributed by atoms with Gasteiger partial charge in [-0.2, -0.15) is 0 Å². The molecule has 3 rings (SSSR count). The van der Waals surface area contributed by atoms with E-state index in [-0.39, 0.29) is 17.9 Å². The Morgan fingerprint density at radius 1 is 1.41 bits per heavy atom. The zero-order chi connectivity index (χ0) is 19.2. The van der Waals surface area contributed by atoms with E-state index in [1.807, 2.05) is 30.5 Å². The van der Waals surface area contributed by atoms with Crippen LogP contribution >= 0.6 is 11.6 Å². The summed E-state index contributed by atoms with van der Waals surface area (Å²) in [6, 6.07) is 7.70. The number of benzene rings is 1. The molecule has 0 aliphatic carbocycles. The van der Waals surface area contributed by atoms with Crippen LogP contribution < -0.4 is 5.32 Å². The van der Waals surface area contributed by atoms with Crippen molar-refractivity contribution in [2.24, 2.45) is 11.8 Å². The van der Waals surface area contributed by atoms with Crippen molar-refractivity contribution in [3.8, 4) is 0 Å². The molecule has 1 aromatic heterocycles. The third-order valence-corrected chi connectivity index (χ3v) is 4.94. The van der Waals surface area contributed by atoms with Crippen LogP contribution in [0.2, 0.25) is 5.02 Å². The Bertz CT molecular complexity index is 762. The van der Waals surface area contributed by atoms with Crippen LogP contribution in [-0.4, -0.2) is 33.5 Å². The van der Waals surface area contributed by atoms with Crippen LogP contribution in [0.4, 0.5) is 0 Å². The molecule has 1 amide bonds. The second-order valence-corrected chi connectivity index (χ2v) is 8.08. The van der Waals surface area contributed by atoms with Crippen LogP contribution in [0.3, 0.4) is 0 Å². The molecule has 0 saturated heterocycles. The van der Waals surface area contributed by atoms with Crippen molar-refractivity contribution in [2.45, 2.75) is 52.3 Å². The average molecular weight is 391 g/mol. The fourth-order valence-electron chi connectivity index (χ4n) is 3.44. The molecule has 0 saturated carbocycles. The molecular formula is C20H27ClN4O2. The Kier molecular flexibility index (Phi) is 6.85. The molecule has 0 unspecified atom stereocenters. The van der Waals surface area contributed by atoms with Crippen molar-refractivity contribution in [1.82, 2.24) is 20.3 Å². The van der Waals surface area contributed by atoms with Crippen molar-refractivity contribution >= 4 is 17.5 Å². The minimum Gasteiger partial charge on any atom is -0.373 e. The van der Waals surface area contributed by atoms with Gasteiger partial charge in [-0.3, -0.25) is 9.48 Å². The molecule has 0 spiro atoms. The number of fused-ring (bicyclic) bond motifs is 2. The number of carbonyl (C=O) groups is 1. The number of aromatic nitrogens is 3. The van der Waals surface area contributed by atoms with E-state index >= 15 is 0 Å². The first-order valence-electron chi connectivity index (χ1n) is 9.51. The highest BCUT2D eigenvalue weighted by Gasteiger charge is 2.24. The summed E-state index contributed by atoms with van der Waals surface area (Å²) in [4.78, 5) is 13.0. The van der Waals surface area contributed by atoms with E-state index in [0.29, 0.717) is 43.5 Å². The van der Waals surface area contributed by atoms with Gasteiger partial charge in [0.15, 0.2) is 0 Å². The second-order valence-electron chi connectivity index (χ2n) is 7.64. The van der Waals surface area contributed by atoms with Crippen molar-refractivity contribution in [3.63, 3.8) is 0 Å². The highest BCUT2D eigenvalue weighted by atomic mass is 35.5. The number of nitrogens with one attached hydrogen (secondary N) is 1. The van der Waals surface area contributed by atoms with E-state index in [9.17, 15) is 4.79 Å². The van der Waals surface area contributed by atoms with Gasteiger partial charge in [-0.25, -0.2) is 0 Å². The Hall–Kier alpha value is -1.92. The molecule has 27 heavy (non-hydrogen) atoms. The maximum atomic E-state index is 13.0. The smallest absolute Gasteiger partial charge is 0.223 e. The van der Waals surface area contributed by atoms with Gasteiger partial charge < -0.3 is 10.1 Å². The van der Waals surface area contributed by atoms with E-state index in [1.54, 1.807) is 4.68 Å². The van der Waals surface area contributed by atoms with Crippen molar-refractivity contribution in [1.29, 1.82) is 0 Å². The topological polar surface area (TPSA) is 69.0 Å². The Labute approximate surface area is 165 Å². The first kappa shape index (κ1) is 19.8. The molecule has 0 fully saturated rings. The molecule has 2 atom stereocenters. The highest BCUT2D eigenvalue weighted by Crippen LogP contribution is 2.19. The molecule has 1 aromatic carbocycles. The predicted octanol–water partition coefficient (Wildman–Crippen LogP) is 3.24. The molecule has 146 valence electrons. The van der Waals surface area contributed by atoms with Crippen LogP contribution in [0.1, 0.15) is 37.9 Å². The molecule has 7 heteroatoms. The monoisotopic (exact) mass is 390 g/mol. The zero-order valence-electron chi connectivity index (χ0n) is 15.9. The van der Waals surface area contributed by atoms with Gasteiger partial charge in [0.2, 0.25) is 5.91 Å². The number of hydrogen-bond donors (Lipinski definition) is 1. The third-order valence-electron chi connectivity index (χ3n) is 4.71. The third kappa shape index (κ3) is 6.04. The number of halogens is 1. The average Bonchev–Trinajstić information content (AvgIpc) is 3.05. The lowest BCUT2D eigenvalue weighted by Gasteiger charge is -2.24. The Morgan fingerprint density at radius 3 is 3.04 bits per heavy atom. The van der Waals surface area contributed by atoms with Gasteiger partial charge >= 0.3 is 0 Å². The minimum atomic E-state index is -0.162. The highest BCUT2D eigenvalue weighted by molar-refractivity contribution is 6.30. The normalized spacial score (nSPS) is 21.4. The molecule has 0 radical (unpaired) electrons. The van der Waals surface area contributed by atoms with Gasteiger partial charge in [0.1, 0.15) is 5.69 Å². The molecule has 1 N–H and O–H groups in total. The molecule has 1 aliphatic rings. The van der Waals surface area contributed by atoms with Crippen LogP contribution in [0.5, 0.6) is 0 Å². The van der Waals surface area contributed by atoms with Gasteiger partial charge in [-0.1, -0.05) is 42.8 Å². The summed E-state index contributed by atoms with van der Waals surface area (Å²) in [6.45, 7) is 5.83. The summed E-state index contributed by atoms with van der Waals surface area (Å²) in [5, 5.41) is 12.2. The van der Waals surface area contributed by atoms with E-state index in [1.165, 1.54) is 0 Å². The Morgan fingerprint density at radius 2 is 2.26 bits per heavy atom. The number of aryl methyl sites for hydroxylation is 1. The summed E-state index contributed by atoms with van der Waals surface area (Å²) in [5.74, 6) is 0.370. The van der Waals surface area contributed by atoms with Gasteiger partial charge in [-0.05, 0) is 42.9 Å². The number of nitrogens with zero attached hydrogens (tertiary/aromatic N) is 3. The number of amides is 1. The minimum absolute atomic E-state index is 0.00571. The largest absolute Gasteiger partial charge is 0.373 e. The maximum absolute atomic E-state index is 13.0. The summed E-state index contributed by atoms with van der Waals surface area (Å²) in [5.41, 5.74) is 1.88. The molecule has 6 nitrogen and oxygen atoms in total. The quantitative estimate of drug-likeness (QED) is 0.870. The molecule has 2 heterocycles. The fourth-order valence-corrected chi connectivity index (χ4v) is 3.65. The lowest BCUT2D eigenvalue weighted by Crippen LogP contribution is -2.43. The molecule has 2 bridgehead atoms. The number of rotatable bonds is 4. The van der Waals surface area contributed by atoms with E-state index in [2.05, 4.69) is 29.5 Å². The zero-order valence-corrected chi connectivity index (χ0v) is 16.7. The van der Waals surface area contributed by atoms with E-state index < -0.39 is 0 Å². The number of carbonyl (C=O) groups excluding carboxylic acids is 1. The number of hydrogen-bond acceptors (Lipinski definition) is 4. The first-order chi connectivity index (χ1) is 13.0. The molecular weight excluding hydrogens is 364 g/mol. The number of ether oxygens (including phenoxy) is 1. The lowest BCUT2D eigenvalue weighted by molar-refractivity contribution is -0.126. The standard InChI is InChI=1S/C20H27ClN4O2/c1-14(2)8-18-12-27-13-19-11-25(24-23-19)7-6-16(20(26)22-18)9-15-4-3-5-17(21)10-15/h3-5,10-11,14,16,18H,6-9,12-13H2,1-2H3,(H,22,26)/t16-,18+/m1/s1. The molecule has 2 aromatic rings. The van der Waals surface area contributed by atoms with Crippen LogP contribution in [0.15, 0.2) is 30.5 Å². The summed E-state index contributed by atoms with van der Waals surface area (Å²) in [6.07, 6.45) is 4.11. The van der Waals surface area contributed by atoms with Crippen molar-refractivity contribution in [3.05, 3.63) is 46.7 Å². The Balaban J connectivity index is 1.79. The summed E-state index contributed by atoms with van der Waals surface area (Å²) >= 11 is 6.12. The van der Waals surface area contributed by atoms with Gasteiger partial charge in [0.05, 0.1) is 25.5 Å². The van der Waals surface area contributed by atoms with Crippen LogP contribution in [-0.2, 0) is 29.1 Å². The van der Waals surface area contributed by atoms with E-state index in [4.69, 9.17) is 16.3 Å². The van der Waals surface area contributed by atoms with E-state index in [0.717, 1.165) is 17.7 Å². The first-order valence-corrected chi connectivity index (χ1v) is 9.89. The predicted molar refractivity (Wildman–Crippen MR) is 104 cm³/mol. The maximum Gasteiger partial charge on any atom is 0.223 e. The molecule has 1 aliphatic heterocycles. The van der Waals surface area contributed by atoms with Crippen molar-refractivity contribution < 1.29 is 9.53 Å². The summed E-state index contributed by atoms with van der Waals surface area (Å²) < 4.78 is 7.57. The van der Waals surface area contributed by atoms with Gasteiger partial charge in [0.25, 0.3) is 0 Å². The van der Waals surface area contributed by atoms with Crippen LogP contribution in [0, 0.1) is 11.8 Å². The van der Waals surface area contributed by atoms with Crippen LogP contribution in [0.25, 0.3) is 0 Å². The van der Waals surface area contributed by atoms with Gasteiger partial charge in [-0.15, -0.1) is 5.10 Å². The SMILES string of the molecule is CC(C)C[C@H]1COCc2cn(nn2)CC[C@H](Cc2cccc(Cl)c2)C(=O)N1. The lowest BCUT2D eigenvalue weighted by atomic mass is 9.94. The fraction of sp³-hybridized carbons (Fsp3) is 0.550. The second kappa shape index (κ2) is 9.33. The summed E-state index contributed by atoms with van der Waals surface area (Å²) in [7, 11) is 0. The van der Waals surface area contributed by atoms with Gasteiger partial charge in [0, 0.05) is 17.5 Å².